The Morgan fingerprint density at radius 3 is 2.93 bits per heavy atom. The highest BCUT2D eigenvalue weighted by Crippen LogP contribution is 2.25. The van der Waals surface area contributed by atoms with Crippen molar-refractivity contribution >= 4 is 39.2 Å². The molecule has 0 amide bonds. The van der Waals surface area contributed by atoms with Gasteiger partial charge >= 0.3 is 5.97 Å². The first-order valence-electron chi connectivity index (χ1n) is 4.39. The van der Waals surface area contributed by atoms with E-state index in [1.54, 1.807) is 6.07 Å². The first-order valence-corrected chi connectivity index (χ1v) is 5.56. The molecular formula is C10H11BrClNO2. The topological polar surface area (TPSA) is 38.3 Å². The van der Waals surface area contributed by atoms with Crippen molar-refractivity contribution in [1.82, 2.24) is 0 Å². The third-order valence-electron chi connectivity index (χ3n) is 1.81. The van der Waals surface area contributed by atoms with Crippen LogP contribution in [-0.2, 0) is 9.53 Å². The van der Waals surface area contributed by atoms with E-state index >= 15 is 0 Å². The van der Waals surface area contributed by atoms with E-state index in [0.29, 0.717) is 18.0 Å². The maximum Gasteiger partial charge on any atom is 0.307 e. The first kappa shape index (κ1) is 12.3. The SMILES string of the molecule is COC(=O)CCNc1ccc(Cl)c(Br)c1. The molecule has 1 aromatic rings. The fourth-order valence-corrected chi connectivity index (χ4v) is 1.51. The highest BCUT2D eigenvalue weighted by molar-refractivity contribution is 9.10. The van der Waals surface area contributed by atoms with Gasteiger partial charge < -0.3 is 10.1 Å². The molecule has 0 saturated carbocycles. The third-order valence-corrected chi connectivity index (χ3v) is 3.02. The van der Waals surface area contributed by atoms with Crippen LogP contribution < -0.4 is 5.32 Å². The average Bonchev–Trinajstić information content (AvgIpc) is 2.23. The minimum Gasteiger partial charge on any atom is -0.469 e. The van der Waals surface area contributed by atoms with Crippen molar-refractivity contribution in [2.75, 3.05) is 19.0 Å². The van der Waals surface area contributed by atoms with Crippen LogP contribution in [0.15, 0.2) is 22.7 Å². The molecule has 0 bridgehead atoms. The molecular weight excluding hydrogens is 281 g/mol. The second-order valence-electron chi connectivity index (χ2n) is 2.88. The van der Waals surface area contributed by atoms with Crippen molar-refractivity contribution < 1.29 is 9.53 Å². The largest absolute Gasteiger partial charge is 0.469 e. The van der Waals surface area contributed by atoms with E-state index in [1.807, 2.05) is 12.1 Å². The fourth-order valence-electron chi connectivity index (χ4n) is 1.02. The third kappa shape index (κ3) is 4.10. The van der Waals surface area contributed by atoms with Gasteiger partial charge in [-0.2, -0.15) is 0 Å². The number of hydrogen-bond acceptors (Lipinski definition) is 3. The van der Waals surface area contributed by atoms with Crippen molar-refractivity contribution in [3.8, 4) is 0 Å². The predicted molar refractivity (Wildman–Crippen MR) is 64.3 cm³/mol. The van der Waals surface area contributed by atoms with Gasteiger partial charge in [-0.3, -0.25) is 4.79 Å². The normalized spacial score (nSPS) is 9.80. The van der Waals surface area contributed by atoms with Crippen LogP contribution in [0.3, 0.4) is 0 Å². The van der Waals surface area contributed by atoms with Crippen molar-refractivity contribution in [3.05, 3.63) is 27.7 Å². The maximum absolute atomic E-state index is 10.8. The average molecular weight is 293 g/mol. The Bertz CT molecular complexity index is 357. The van der Waals surface area contributed by atoms with Crippen LogP contribution >= 0.6 is 27.5 Å². The minimum atomic E-state index is -0.226. The quantitative estimate of drug-likeness (QED) is 0.867. The molecule has 0 saturated heterocycles. The summed E-state index contributed by atoms with van der Waals surface area (Å²) in [6.45, 7) is 0.542. The molecule has 0 unspecified atom stereocenters. The zero-order valence-corrected chi connectivity index (χ0v) is 10.6. The van der Waals surface area contributed by atoms with Gasteiger partial charge in [0.15, 0.2) is 0 Å². The van der Waals surface area contributed by atoms with Crippen molar-refractivity contribution in [2.24, 2.45) is 0 Å². The second kappa shape index (κ2) is 5.98. The van der Waals surface area contributed by atoms with Crippen molar-refractivity contribution in [1.29, 1.82) is 0 Å². The molecule has 1 N–H and O–H groups in total. The summed E-state index contributed by atoms with van der Waals surface area (Å²) in [5, 5.41) is 3.75. The van der Waals surface area contributed by atoms with Gasteiger partial charge in [-0.15, -0.1) is 0 Å². The Labute approximate surface area is 102 Å². The highest BCUT2D eigenvalue weighted by atomic mass is 79.9. The van der Waals surface area contributed by atoms with Gasteiger partial charge in [0.25, 0.3) is 0 Å². The van der Waals surface area contributed by atoms with E-state index in [4.69, 9.17) is 11.6 Å². The number of carbonyl (C=O) groups is 1. The summed E-state index contributed by atoms with van der Waals surface area (Å²) in [6, 6.07) is 5.50. The number of carbonyl (C=O) groups excluding carboxylic acids is 1. The smallest absolute Gasteiger partial charge is 0.307 e. The van der Waals surface area contributed by atoms with Crippen molar-refractivity contribution in [3.63, 3.8) is 0 Å². The number of hydrogen-bond donors (Lipinski definition) is 1. The molecule has 0 aliphatic heterocycles. The number of nitrogens with one attached hydrogen (secondary N) is 1. The summed E-state index contributed by atoms with van der Waals surface area (Å²) in [7, 11) is 1.38. The number of benzene rings is 1. The van der Waals surface area contributed by atoms with Gasteiger partial charge in [0.2, 0.25) is 0 Å². The van der Waals surface area contributed by atoms with E-state index in [0.717, 1.165) is 10.2 Å². The summed E-state index contributed by atoms with van der Waals surface area (Å²) in [5.41, 5.74) is 0.912. The fraction of sp³-hybridized carbons (Fsp3) is 0.300. The van der Waals surface area contributed by atoms with Crippen LogP contribution in [0.4, 0.5) is 5.69 Å². The molecule has 1 rings (SSSR count). The zero-order valence-electron chi connectivity index (χ0n) is 8.22. The van der Waals surface area contributed by atoms with Crippen molar-refractivity contribution in [2.45, 2.75) is 6.42 Å². The van der Waals surface area contributed by atoms with Crippen LogP contribution in [0.1, 0.15) is 6.42 Å². The van der Waals surface area contributed by atoms with Crippen LogP contribution in [0.25, 0.3) is 0 Å². The molecule has 0 radical (unpaired) electrons. The van der Waals surface area contributed by atoms with Crippen LogP contribution in [0, 0.1) is 0 Å². The lowest BCUT2D eigenvalue weighted by Gasteiger charge is -2.06. The number of halogens is 2. The van der Waals surface area contributed by atoms with Gasteiger partial charge in [0.05, 0.1) is 18.6 Å². The molecule has 5 heteroatoms. The Kier molecular flexibility index (Phi) is 4.91. The second-order valence-corrected chi connectivity index (χ2v) is 4.14. The highest BCUT2D eigenvalue weighted by Gasteiger charge is 2.01. The molecule has 0 heterocycles. The van der Waals surface area contributed by atoms with E-state index < -0.39 is 0 Å². The van der Waals surface area contributed by atoms with Crippen LogP contribution in [-0.4, -0.2) is 19.6 Å². The van der Waals surface area contributed by atoms with Crippen LogP contribution in [0.2, 0.25) is 5.02 Å². The minimum absolute atomic E-state index is 0.226. The summed E-state index contributed by atoms with van der Waals surface area (Å²) in [5.74, 6) is -0.226. The first-order chi connectivity index (χ1) is 7.13. The molecule has 82 valence electrons. The lowest BCUT2D eigenvalue weighted by Crippen LogP contribution is -2.09. The molecule has 1 aromatic carbocycles. The summed E-state index contributed by atoms with van der Waals surface area (Å²) in [4.78, 5) is 10.8. The molecule has 0 atom stereocenters. The van der Waals surface area contributed by atoms with E-state index in [9.17, 15) is 4.79 Å². The lowest BCUT2D eigenvalue weighted by molar-refractivity contribution is -0.140. The van der Waals surface area contributed by atoms with Crippen LogP contribution in [0.5, 0.6) is 0 Å². The zero-order chi connectivity index (χ0) is 11.3. The summed E-state index contributed by atoms with van der Waals surface area (Å²) >= 11 is 9.16. The number of esters is 1. The number of rotatable bonds is 4. The van der Waals surface area contributed by atoms with Gasteiger partial charge in [-0.05, 0) is 34.1 Å². The number of ether oxygens (including phenoxy) is 1. The predicted octanol–water partition coefficient (Wildman–Crippen LogP) is 3.08. The monoisotopic (exact) mass is 291 g/mol. The molecule has 15 heavy (non-hydrogen) atoms. The number of anilines is 1. The van der Waals surface area contributed by atoms with Gasteiger partial charge in [-0.25, -0.2) is 0 Å². The van der Waals surface area contributed by atoms with E-state index in [2.05, 4.69) is 26.0 Å². The molecule has 3 nitrogen and oxygen atoms in total. The van der Waals surface area contributed by atoms with E-state index in [1.165, 1.54) is 7.11 Å². The Hall–Kier alpha value is -0.740. The molecule has 0 spiro atoms. The Morgan fingerprint density at radius 1 is 1.60 bits per heavy atom. The summed E-state index contributed by atoms with van der Waals surface area (Å²) in [6.07, 6.45) is 0.344. The Balaban J connectivity index is 2.44. The summed E-state index contributed by atoms with van der Waals surface area (Å²) < 4.78 is 5.35. The molecule has 0 aromatic heterocycles. The Morgan fingerprint density at radius 2 is 2.33 bits per heavy atom. The van der Waals surface area contributed by atoms with Gasteiger partial charge in [0, 0.05) is 16.7 Å². The van der Waals surface area contributed by atoms with Gasteiger partial charge in [0.1, 0.15) is 0 Å². The molecule has 0 fully saturated rings. The molecule has 0 aliphatic rings. The maximum atomic E-state index is 10.8. The van der Waals surface area contributed by atoms with E-state index in [-0.39, 0.29) is 5.97 Å². The van der Waals surface area contributed by atoms with Gasteiger partial charge in [-0.1, -0.05) is 11.6 Å². The molecule has 0 aliphatic carbocycles. The standard InChI is InChI=1S/C10H11BrClNO2/c1-15-10(14)4-5-13-7-2-3-9(12)8(11)6-7/h2-3,6,13H,4-5H2,1H3. The number of methoxy groups -OCH3 is 1. The lowest BCUT2D eigenvalue weighted by atomic mass is 10.3.